The second-order valence-electron chi connectivity index (χ2n) is 5.41. The molecule has 3 rings (SSSR count). The molecule has 1 N–H and O–H groups in total. The van der Waals surface area contributed by atoms with Gasteiger partial charge in [-0.05, 0) is 26.3 Å². The maximum absolute atomic E-state index is 5.22. The van der Waals surface area contributed by atoms with E-state index in [1.807, 2.05) is 13.0 Å². The van der Waals surface area contributed by atoms with Crippen LogP contribution in [0.1, 0.15) is 18.7 Å². The minimum absolute atomic E-state index is 0.464. The van der Waals surface area contributed by atoms with Crippen molar-refractivity contribution >= 4 is 5.82 Å². The number of nitrogens with zero attached hydrogens (tertiary/aromatic N) is 3. The molecule has 2 aliphatic heterocycles. The first-order chi connectivity index (χ1) is 8.71. The maximum Gasteiger partial charge on any atom is 0.218 e. The number of methoxy groups -OCH3 is 1. The van der Waals surface area contributed by atoms with Crippen molar-refractivity contribution in [3.8, 4) is 5.88 Å². The van der Waals surface area contributed by atoms with Gasteiger partial charge in [-0.1, -0.05) is 0 Å². The minimum Gasteiger partial charge on any atom is -0.481 e. The molecule has 2 saturated heterocycles. The summed E-state index contributed by atoms with van der Waals surface area (Å²) in [7, 11) is 1.65. The molecule has 1 atom stereocenters. The highest BCUT2D eigenvalue weighted by molar-refractivity contribution is 5.43. The van der Waals surface area contributed by atoms with Gasteiger partial charge in [0.2, 0.25) is 5.88 Å². The van der Waals surface area contributed by atoms with Crippen LogP contribution in [-0.2, 0) is 0 Å². The van der Waals surface area contributed by atoms with Gasteiger partial charge in [-0.15, -0.1) is 0 Å². The van der Waals surface area contributed by atoms with Crippen LogP contribution in [0.3, 0.4) is 0 Å². The third-order valence-electron chi connectivity index (χ3n) is 4.10. The molecule has 5 nitrogen and oxygen atoms in total. The molecule has 1 aromatic heterocycles. The van der Waals surface area contributed by atoms with E-state index in [9.17, 15) is 0 Å². The van der Waals surface area contributed by atoms with E-state index in [1.165, 1.54) is 12.8 Å². The van der Waals surface area contributed by atoms with Crippen molar-refractivity contribution in [1.29, 1.82) is 0 Å². The van der Waals surface area contributed by atoms with Crippen LogP contribution in [0.25, 0.3) is 0 Å². The molecular formula is C13H20N4O. The number of nitrogens with one attached hydrogen (secondary N) is 1. The van der Waals surface area contributed by atoms with E-state index < -0.39 is 0 Å². The molecule has 0 aromatic carbocycles. The van der Waals surface area contributed by atoms with E-state index in [2.05, 4.69) is 20.2 Å². The number of ether oxygens (including phenoxy) is 1. The second kappa shape index (κ2) is 4.39. The fraction of sp³-hybridized carbons (Fsp3) is 0.692. The lowest BCUT2D eigenvalue weighted by molar-refractivity contribution is 0.369. The third-order valence-corrected chi connectivity index (χ3v) is 4.10. The van der Waals surface area contributed by atoms with E-state index in [-0.39, 0.29) is 0 Å². The van der Waals surface area contributed by atoms with Crippen LogP contribution >= 0.6 is 0 Å². The lowest BCUT2D eigenvalue weighted by Crippen LogP contribution is -2.29. The first kappa shape index (κ1) is 11.7. The van der Waals surface area contributed by atoms with Crippen LogP contribution in [-0.4, -0.2) is 43.3 Å². The lowest BCUT2D eigenvalue weighted by atomic mass is 9.87. The molecule has 2 aliphatic rings. The summed E-state index contributed by atoms with van der Waals surface area (Å²) in [6.07, 6.45) is 2.54. The minimum atomic E-state index is 0.464. The van der Waals surface area contributed by atoms with Crippen LogP contribution in [0.4, 0.5) is 5.82 Å². The largest absolute Gasteiger partial charge is 0.481 e. The van der Waals surface area contributed by atoms with Crippen LogP contribution in [0.15, 0.2) is 6.07 Å². The molecule has 0 bridgehead atoms. The smallest absolute Gasteiger partial charge is 0.218 e. The Kier molecular flexibility index (Phi) is 2.86. The molecule has 3 heterocycles. The first-order valence-electron chi connectivity index (χ1n) is 6.56. The Balaban J connectivity index is 1.81. The Hall–Kier alpha value is -1.36. The van der Waals surface area contributed by atoms with Crippen LogP contribution in [0.5, 0.6) is 5.88 Å². The zero-order valence-electron chi connectivity index (χ0n) is 11.1. The molecule has 0 saturated carbocycles. The van der Waals surface area contributed by atoms with Crippen LogP contribution in [0.2, 0.25) is 0 Å². The fourth-order valence-corrected chi connectivity index (χ4v) is 3.07. The molecule has 0 radical (unpaired) electrons. The Morgan fingerprint density at radius 3 is 3.00 bits per heavy atom. The molecule has 2 fully saturated rings. The van der Waals surface area contributed by atoms with Gasteiger partial charge in [0.05, 0.1) is 7.11 Å². The van der Waals surface area contributed by atoms with Crippen molar-refractivity contribution in [1.82, 2.24) is 15.3 Å². The zero-order valence-corrected chi connectivity index (χ0v) is 11.1. The van der Waals surface area contributed by atoms with E-state index >= 15 is 0 Å². The molecule has 18 heavy (non-hydrogen) atoms. The number of rotatable bonds is 2. The highest BCUT2D eigenvalue weighted by atomic mass is 16.5. The van der Waals surface area contributed by atoms with Gasteiger partial charge in [0.15, 0.2) is 0 Å². The van der Waals surface area contributed by atoms with E-state index in [4.69, 9.17) is 4.74 Å². The average molecular weight is 248 g/mol. The highest BCUT2D eigenvalue weighted by Gasteiger charge is 2.40. The number of anilines is 1. The lowest BCUT2D eigenvalue weighted by Gasteiger charge is -2.23. The Morgan fingerprint density at radius 2 is 2.28 bits per heavy atom. The summed E-state index contributed by atoms with van der Waals surface area (Å²) in [4.78, 5) is 11.1. The molecule has 0 amide bonds. The van der Waals surface area contributed by atoms with E-state index in [0.29, 0.717) is 11.3 Å². The predicted molar refractivity (Wildman–Crippen MR) is 70.1 cm³/mol. The summed E-state index contributed by atoms with van der Waals surface area (Å²) in [5.74, 6) is 2.43. The summed E-state index contributed by atoms with van der Waals surface area (Å²) < 4.78 is 5.22. The molecule has 0 aliphatic carbocycles. The van der Waals surface area contributed by atoms with Crippen molar-refractivity contribution in [3.05, 3.63) is 11.9 Å². The van der Waals surface area contributed by atoms with Crippen molar-refractivity contribution in [3.63, 3.8) is 0 Å². The van der Waals surface area contributed by atoms with Crippen molar-refractivity contribution in [2.45, 2.75) is 19.8 Å². The standard InChI is InChI=1S/C13H20N4O/c1-10-15-11(7-12(16-10)18-2)17-6-4-13(9-17)3-5-14-8-13/h7,14H,3-6,8-9H2,1-2H3. The topological polar surface area (TPSA) is 50.3 Å². The van der Waals surface area contributed by atoms with Gasteiger partial charge in [-0.3, -0.25) is 0 Å². The highest BCUT2D eigenvalue weighted by Crippen LogP contribution is 2.37. The molecule has 98 valence electrons. The number of aromatic nitrogens is 2. The first-order valence-corrected chi connectivity index (χ1v) is 6.56. The normalized spacial score (nSPS) is 27.1. The SMILES string of the molecule is COc1cc(N2CCC3(CCNC3)C2)nc(C)n1. The quantitative estimate of drug-likeness (QED) is 0.845. The molecule has 5 heteroatoms. The molecule has 1 spiro atoms. The molecular weight excluding hydrogens is 228 g/mol. The number of aryl methyl sites for hydroxylation is 1. The monoisotopic (exact) mass is 248 g/mol. The van der Waals surface area contributed by atoms with Crippen LogP contribution in [0, 0.1) is 12.3 Å². The van der Waals surface area contributed by atoms with Gasteiger partial charge in [-0.2, -0.15) is 4.98 Å². The average Bonchev–Trinajstić information content (AvgIpc) is 3.00. The summed E-state index contributed by atoms with van der Waals surface area (Å²) in [5, 5.41) is 3.48. The second-order valence-corrected chi connectivity index (χ2v) is 5.41. The summed E-state index contributed by atoms with van der Waals surface area (Å²) in [6.45, 7) is 6.39. The Morgan fingerprint density at radius 1 is 1.39 bits per heavy atom. The van der Waals surface area contributed by atoms with E-state index in [0.717, 1.165) is 37.8 Å². The van der Waals surface area contributed by atoms with Gasteiger partial charge in [0.25, 0.3) is 0 Å². The van der Waals surface area contributed by atoms with Crippen molar-refractivity contribution in [2.75, 3.05) is 38.2 Å². The van der Waals surface area contributed by atoms with Gasteiger partial charge in [0.1, 0.15) is 11.6 Å². The Labute approximate surface area is 108 Å². The summed E-state index contributed by atoms with van der Waals surface area (Å²) in [5.41, 5.74) is 0.464. The number of hydrogen-bond acceptors (Lipinski definition) is 5. The zero-order chi connectivity index (χ0) is 12.6. The number of hydrogen-bond donors (Lipinski definition) is 1. The summed E-state index contributed by atoms with van der Waals surface area (Å²) in [6, 6.07) is 1.94. The Bertz CT molecular complexity index is 443. The third kappa shape index (κ3) is 2.03. The molecule has 1 unspecified atom stereocenters. The van der Waals surface area contributed by atoms with Crippen molar-refractivity contribution in [2.24, 2.45) is 5.41 Å². The molecule has 1 aromatic rings. The maximum atomic E-state index is 5.22. The van der Waals surface area contributed by atoms with Gasteiger partial charge >= 0.3 is 0 Å². The summed E-state index contributed by atoms with van der Waals surface area (Å²) >= 11 is 0. The van der Waals surface area contributed by atoms with Crippen molar-refractivity contribution < 1.29 is 4.74 Å². The predicted octanol–water partition coefficient (Wildman–Crippen LogP) is 0.983. The van der Waals surface area contributed by atoms with Gasteiger partial charge < -0.3 is 15.0 Å². The fourth-order valence-electron chi connectivity index (χ4n) is 3.07. The van der Waals surface area contributed by atoms with Crippen LogP contribution < -0.4 is 15.0 Å². The van der Waals surface area contributed by atoms with E-state index in [1.54, 1.807) is 7.11 Å². The van der Waals surface area contributed by atoms with Gasteiger partial charge in [0, 0.05) is 31.1 Å². The van der Waals surface area contributed by atoms with Gasteiger partial charge in [-0.25, -0.2) is 4.98 Å².